The SMILES string of the molecule is COc1ccc(-c2cnc(NCc3cnc4n3CCOC4)n2C)cc1. The van der Waals surface area contributed by atoms with Crippen molar-refractivity contribution in [1.82, 2.24) is 19.1 Å². The van der Waals surface area contributed by atoms with E-state index in [1.165, 1.54) is 0 Å². The Bertz CT molecular complexity index is 866. The average Bonchev–Trinajstić information content (AvgIpc) is 3.24. The number of benzene rings is 1. The Kier molecular flexibility index (Phi) is 4.15. The molecule has 0 saturated heterocycles. The summed E-state index contributed by atoms with van der Waals surface area (Å²) in [5, 5.41) is 3.40. The molecule has 0 amide bonds. The van der Waals surface area contributed by atoms with E-state index in [4.69, 9.17) is 9.47 Å². The van der Waals surface area contributed by atoms with Crippen LogP contribution in [-0.4, -0.2) is 32.8 Å². The highest BCUT2D eigenvalue weighted by Crippen LogP contribution is 2.24. The Hall–Kier alpha value is -2.80. The van der Waals surface area contributed by atoms with E-state index in [0.29, 0.717) is 13.2 Å². The van der Waals surface area contributed by atoms with E-state index >= 15 is 0 Å². The lowest BCUT2D eigenvalue weighted by molar-refractivity contribution is 0.0807. The molecule has 0 atom stereocenters. The molecule has 1 aliphatic rings. The van der Waals surface area contributed by atoms with Crippen molar-refractivity contribution in [2.45, 2.75) is 19.7 Å². The molecule has 2 aromatic heterocycles. The van der Waals surface area contributed by atoms with Crippen LogP contribution in [0.25, 0.3) is 11.3 Å². The Morgan fingerprint density at radius 1 is 1.20 bits per heavy atom. The van der Waals surface area contributed by atoms with Crippen molar-refractivity contribution >= 4 is 5.95 Å². The van der Waals surface area contributed by atoms with Gasteiger partial charge in [-0.25, -0.2) is 9.97 Å². The van der Waals surface area contributed by atoms with E-state index in [1.807, 2.05) is 43.7 Å². The number of rotatable bonds is 5. The zero-order chi connectivity index (χ0) is 17.2. The summed E-state index contributed by atoms with van der Waals surface area (Å²) in [6.07, 6.45) is 3.79. The minimum atomic E-state index is 0.587. The van der Waals surface area contributed by atoms with Gasteiger partial charge < -0.3 is 23.9 Å². The summed E-state index contributed by atoms with van der Waals surface area (Å²) in [5.41, 5.74) is 3.30. The van der Waals surface area contributed by atoms with Gasteiger partial charge in [0.2, 0.25) is 5.95 Å². The van der Waals surface area contributed by atoms with Crippen LogP contribution in [0, 0.1) is 0 Å². The molecule has 1 aromatic carbocycles. The third kappa shape index (κ3) is 2.98. The number of hydrogen-bond acceptors (Lipinski definition) is 5. The molecular formula is C18H21N5O2. The molecule has 25 heavy (non-hydrogen) atoms. The molecule has 7 nitrogen and oxygen atoms in total. The normalized spacial score (nSPS) is 13.5. The van der Waals surface area contributed by atoms with Gasteiger partial charge in [-0.15, -0.1) is 0 Å². The van der Waals surface area contributed by atoms with E-state index in [2.05, 4.69) is 24.4 Å². The van der Waals surface area contributed by atoms with Gasteiger partial charge in [-0.05, 0) is 24.3 Å². The van der Waals surface area contributed by atoms with Gasteiger partial charge in [0.05, 0.1) is 44.0 Å². The molecular weight excluding hydrogens is 318 g/mol. The van der Waals surface area contributed by atoms with Crippen molar-refractivity contribution in [3.63, 3.8) is 0 Å². The number of nitrogens with zero attached hydrogens (tertiary/aromatic N) is 4. The Balaban J connectivity index is 1.50. The molecule has 0 unspecified atom stereocenters. The molecule has 0 spiro atoms. The van der Waals surface area contributed by atoms with Crippen molar-refractivity contribution < 1.29 is 9.47 Å². The second-order valence-electron chi connectivity index (χ2n) is 5.98. The molecule has 0 aliphatic carbocycles. The maximum absolute atomic E-state index is 5.43. The molecule has 0 fully saturated rings. The van der Waals surface area contributed by atoms with Crippen molar-refractivity contribution in [3.8, 4) is 17.0 Å². The van der Waals surface area contributed by atoms with Crippen LogP contribution in [0.3, 0.4) is 0 Å². The fourth-order valence-corrected chi connectivity index (χ4v) is 3.08. The minimum Gasteiger partial charge on any atom is -0.497 e. The number of methoxy groups -OCH3 is 1. The fraction of sp³-hybridized carbons (Fsp3) is 0.333. The fourth-order valence-electron chi connectivity index (χ4n) is 3.08. The van der Waals surface area contributed by atoms with E-state index in [-0.39, 0.29) is 0 Å². The van der Waals surface area contributed by atoms with Crippen molar-refractivity contribution in [1.29, 1.82) is 0 Å². The van der Waals surface area contributed by atoms with Gasteiger partial charge in [0, 0.05) is 19.2 Å². The maximum atomic E-state index is 5.43. The summed E-state index contributed by atoms with van der Waals surface area (Å²) in [7, 11) is 3.68. The number of ether oxygens (including phenoxy) is 2. The van der Waals surface area contributed by atoms with Crippen LogP contribution in [0.5, 0.6) is 5.75 Å². The molecule has 7 heteroatoms. The predicted molar refractivity (Wildman–Crippen MR) is 94.4 cm³/mol. The first-order valence-electron chi connectivity index (χ1n) is 8.27. The molecule has 0 bridgehead atoms. The van der Waals surface area contributed by atoms with E-state index in [1.54, 1.807) is 7.11 Å². The van der Waals surface area contributed by atoms with Gasteiger partial charge >= 0.3 is 0 Å². The Labute approximate surface area is 146 Å². The third-order valence-corrected chi connectivity index (χ3v) is 4.51. The zero-order valence-electron chi connectivity index (χ0n) is 14.4. The van der Waals surface area contributed by atoms with Crippen molar-refractivity contribution in [2.75, 3.05) is 19.0 Å². The quantitative estimate of drug-likeness (QED) is 0.773. The van der Waals surface area contributed by atoms with Crippen LogP contribution in [-0.2, 0) is 31.5 Å². The Morgan fingerprint density at radius 3 is 2.84 bits per heavy atom. The summed E-state index contributed by atoms with van der Waals surface area (Å²) >= 11 is 0. The standard InChI is InChI=1S/C18H21N5O2/c1-22-16(13-3-5-15(24-2)6-4-13)11-21-18(22)20-10-14-9-19-17-12-25-8-7-23(14)17/h3-6,9,11H,7-8,10,12H2,1-2H3,(H,20,21). The molecule has 3 aromatic rings. The first-order valence-corrected chi connectivity index (χ1v) is 8.27. The van der Waals surface area contributed by atoms with E-state index < -0.39 is 0 Å². The summed E-state index contributed by atoms with van der Waals surface area (Å²) < 4.78 is 14.9. The first kappa shape index (κ1) is 15.7. The first-order chi connectivity index (χ1) is 12.3. The maximum Gasteiger partial charge on any atom is 0.203 e. The number of imidazole rings is 2. The van der Waals surface area contributed by atoms with Crippen LogP contribution < -0.4 is 10.1 Å². The number of fused-ring (bicyclic) bond motifs is 1. The number of nitrogens with one attached hydrogen (secondary N) is 1. The monoisotopic (exact) mass is 339 g/mol. The number of anilines is 1. The topological polar surface area (TPSA) is 66.1 Å². The smallest absolute Gasteiger partial charge is 0.203 e. The van der Waals surface area contributed by atoms with E-state index in [9.17, 15) is 0 Å². The molecule has 4 rings (SSSR count). The van der Waals surface area contributed by atoms with Crippen LogP contribution in [0.15, 0.2) is 36.7 Å². The van der Waals surface area contributed by atoms with Crippen LogP contribution in [0.2, 0.25) is 0 Å². The molecule has 0 radical (unpaired) electrons. The summed E-state index contributed by atoms with van der Waals surface area (Å²) in [5.74, 6) is 2.66. The average molecular weight is 339 g/mol. The molecule has 1 N–H and O–H groups in total. The highest BCUT2D eigenvalue weighted by Gasteiger charge is 2.15. The predicted octanol–water partition coefficient (Wildman–Crippen LogP) is 2.43. The van der Waals surface area contributed by atoms with Crippen LogP contribution in [0.1, 0.15) is 11.5 Å². The number of hydrogen-bond donors (Lipinski definition) is 1. The number of aromatic nitrogens is 4. The minimum absolute atomic E-state index is 0.587. The summed E-state index contributed by atoms with van der Waals surface area (Å²) in [4.78, 5) is 8.93. The summed E-state index contributed by atoms with van der Waals surface area (Å²) in [6, 6.07) is 7.98. The van der Waals surface area contributed by atoms with Gasteiger partial charge in [-0.3, -0.25) is 0 Å². The molecule has 1 aliphatic heterocycles. The summed E-state index contributed by atoms with van der Waals surface area (Å²) in [6.45, 7) is 2.86. The van der Waals surface area contributed by atoms with Gasteiger partial charge in [-0.1, -0.05) is 0 Å². The second kappa shape index (κ2) is 6.60. The largest absolute Gasteiger partial charge is 0.497 e. The molecule has 3 heterocycles. The van der Waals surface area contributed by atoms with Gasteiger partial charge in [0.15, 0.2) is 0 Å². The van der Waals surface area contributed by atoms with Crippen LogP contribution in [0.4, 0.5) is 5.95 Å². The highest BCUT2D eigenvalue weighted by molar-refractivity contribution is 5.62. The highest BCUT2D eigenvalue weighted by atomic mass is 16.5. The molecule has 130 valence electrons. The van der Waals surface area contributed by atoms with Crippen LogP contribution >= 0.6 is 0 Å². The van der Waals surface area contributed by atoms with Gasteiger partial charge in [-0.2, -0.15) is 0 Å². The van der Waals surface area contributed by atoms with Gasteiger partial charge in [0.25, 0.3) is 0 Å². The molecule has 0 saturated carbocycles. The van der Waals surface area contributed by atoms with Crippen molar-refractivity contribution in [2.24, 2.45) is 7.05 Å². The Morgan fingerprint density at radius 2 is 2.04 bits per heavy atom. The lowest BCUT2D eigenvalue weighted by Crippen LogP contribution is -2.20. The lowest BCUT2D eigenvalue weighted by atomic mass is 10.1. The van der Waals surface area contributed by atoms with Gasteiger partial charge in [0.1, 0.15) is 18.2 Å². The zero-order valence-corrected chi connectivity index (χ0v) is 14.4. The third-order valence-electron chi connectivity index (χ3n) is 4.51. The van der Waals surface area contributed by atoms with E-state index in [0.717, 1.165) is 47.6 Å². The van der Waals surface area contributed by atoms with Crippen molar-refractivity contribution in [3.05, 3.63) is 48.2 Å². The lowest BCUT2D eigenvalue weighted by Gasteiger charge is -2.17. The second-order valence-corrected chi connectivity index (χ2v) is 5.98.